The van der Waals surface area contributed by atoms with Gasteiger partial charge in [0.25, 0.3) is 0 Å². The van der Waals surface area contributed by atoms with Crippen LogP contribution in [0.3, 0.4) is 0 Å². The summed E-state index contributed by atoms with van der Waals surface area (Å²) in [7, 11) is 1.50. The Morgan fingerprint density at radius 3 is 2.58 bits per heavy atom. The molecule has 10 heteroatoms. The smallest absolute Gasteiger partial charge is 0.220 e. The molecule has 1 heterocycles. The van der Waals surface area contributed by atoms with E-state index in [2.05, 4.69) is 16.1 Å². The van der Waals surface area contributed by atoms with Gasteiger partial charge in [0, 0.05) is 10.6 Å². The molecule has 3 aromatic rings. The van der Waals surface area contributed by atoms with Crippen molar-refractivity contribution in [1.82, 2.24) is 14.8 Å². The van der Waals surface area contributed by atoms with Gasteiger partial charge in [-0.1, -0.05) is 23.7 Å². The van der Waals surface area contributed by atoms with E-state index in [0.29, 0.717) is 34.7 Å². The average molecular weight is 469 g/mol. The number of thioether (sulfide) groups is 1. The molecule has 2 aromatic carbocycles. The van der Waals surface area contributed by atoms with Gasteiger partial charge in [0.2, 0.25) is 6.54 Å². The maximum absolute atomic E-state index is 11.5. The van der Waals surface area contributed by atoms with Crippen molar-refractivity contribution in [3.63, 3.8) is 0 Å². The number of rotatable bonds is 11. The Morgan fingerprint density at radius 1 is 1.18 bits per heavy atom. The number of hydrogen-bond donors (Lipinski definition) is 0. The highest BCUT2D eigenvalue weighted by molar-refractivity contribution is 7.99. The van der Waals surface area contributed by atoms with Crippen LogP contribution in [0.1, 0.15) is 23.6 Å². The fourth-order valence-corrected chi connectivity index (χ4v) is 4.34. The highest BCUT2D eigenvalue weighted by Crippen LogP contribution is 2.39. The number of ether oxygens (including phenoxy) is 3. The van der Waals surface area contributed by atoms with Crippen LogP contribution in [0.2, 0.25) is 0 Å². The minimum absolute atomic E-state index is 0.0905. The number of nitrogens with zero attached hydrogens (tertiary/aromatic N) is 4. The molecule has 0 fully saturated rings. The average Bonchev–Trinajstić information content (AvgIpc) is 3.17. The highest BCUT2D eigenvalue weighted by Gasteiger charge is 2.25. The van der Waals surface area contributed by atoms with Crippen LogP contribution in [0.15, 0.2) is 47.6 Å². The SMILES string of the molecule is C#CCOc1ccc([C@@H](C[N+](=O)[O-])Sc2nnc(C)n2-c2ccc(OCC)cc2)cc1OC. The molecule has 1 aromatic heterocycles. The first-order chi connectivity index (χ1) is 16.0. The molecule has 0 saturated heterocycles. The summed E-state index contributed by atoms with van der Waals surface area (Å²) < 4.78 is 18.2. The molecular weight excluding hydrogens is 444 g/mol. The second kappa shape index (κ2) is 11.2. The van der Waals surface area contributed by atoms with E-state index in [9.17, 15) is 10.1 Å². The maximum atomic E-state index is 11.5. The number of terminal acetylenes is 1. The van der Waals surface area contributed by atoms with Crippen LogP contribution in [-0.4, -0.2) is 46.6 Å². The monoisotopic (exact) mass is 468 g/mol. The highest BCUT2D eigenvalue weighted by atomic mass is 32.2. The van der Waals surface area contributed by atoms with Gasteiger partial charge >= 0.3 is 0 Å². The van der Waals surface area contributed by atoms with Gasteiger partial charge in [-0.3, -0.25) is 14.7 Å². The van der Waals surface area contributed by atoms with E-state index in [0.717, 1.165) is 11.4 Å². The lowest BCUT2D eigenvalue weighted by molar-refractivity contribution is -0.479. The van der Waals surface area contributed by atoms with E-state index in [4.69, 9.17) is 20.6 Å². The zero-order valence-corrected chi connectivity index (χ0v) is 19.4. The summed E-state index contributed by atoms with van der Waals surface area (Å²) in [6.07, 6.45) is 5.26. The lowest BCUT2D eigenvalue weighted by Crippen LogP contribution is -2.11. The lowest BCUT2D eigenvalue weighted by Gasteiger charge is -2.16. The van der Waals surface area contributed by atoms with Gasteiger partial charge in [-0.25, -0.2) is 0 Å². The van der Waals surface area contributed by atoms with Crippen molar-refractivity contribution in [2.24, 2.45) is 0 Å². The van der Waals surface area contributed by atoms with E-state index in [1.54, 1.807) is 18.2 Å². The normalized spacial score (nSPS) is 11.5. The fourth-order valence-electron chi connectivity index (χ4n) is 3.17. The Labute approximate surface area is 196 Å². The Balaban J connectivity index is 1.93. The minimum Gasteiger partial charge on any atom is -0.494 e. The zero-order valence-electron chi connectivity index (χ0n) is 18.6. The molecule has 9 nitrogen and oxygen atoms in total. The molecule has 0 saturated carbocycles. The first-order valence-corrected chi connectivity index (χ1v) is 11.0. The fraction of sp³-hybridized carbons (Fsp3) is 0.304. The molecule has 0 spiro atoms. The van der Waals surface area contributed by atoms with Crippen LogP contribution in [0.4, 0.5) is 0 Å². The molecule has 3 rings (SSSR count). The molecule has 0 radical (unpaired) electrons. The third kappa shape index (κ3) is 5.96. The first kappa shape index (κ1) is 23.9. The predicted molar refractivity (Wildman–Crippen MR) is 125 cm³/mol. The van der Waals surface area contributed by atoms with Crippen molar-refractivity contribution >= 4 is 11.8 Å². The third-order valence-electron chi connectivity index (χ3n) is 4.63. The van der Waals surface area contributed by atoms with E-state index < -0.39 is 5.25 Å². The Hall–Kier alpha value is -3.71. The van der Waals surface area contributed by atoms with Gasteiger partial charge in [0.05, 0.1) is 13.7 Å². The summed E-state index contributed by atoms with van der Waals surface area (Å²) in [5, 5.41) is 19.9. The number of benzene rings is 2. The van der Waals surface area contributed by atoms with Crippen molar-refractivity contribution in [3.8, 4) is 35.3 Å². The zero-order chi connectivity index (χ0) is 23.8. The molecular formula is C23H24N4O5S. The molecule has 1 atom stereocenters. The number of aryl methyl sites for hydroxylation is 1. The summed E-state index contributed by atoms with van der Waals surface area (Å²) in [6, 6.07) is 12.7. The van der Waals surface area contributed by atoms with Gasteiger partial charge in [-0.15, -0.1) is 16.6 Å². The summed E-state index contributed by atoms with van der Waals surface area (Å²) in [5.41, 5.74) is 1.53. The third-order valence-corrected chi connectivity index (χ3v) is 5.81. The molecule has 0 bridgehead atoms. The molecule has 0 unspecified atom stereocenters. The molecule has 0 aliphatic rings. The summed E-state index contributed by atoms with van der Waals surface area (Å²) in [4.78, 5) is 11.1. The summed E-state index contributed by atoms with van der Waals surface area (Å²) >= 11 is 1.26. The van der Waals surface area contributed by atoms with Crippen LogP contribution in [0.25, 0.3) is 5.69 Å². The Kier molecular flexibility index (Phi) is 8.16. The molecule has 0 N–H and O–H groups in total. The predicted octanol–water partition coefficient (Wildman–Crippen LogP) is 4.11. The molecule has 0 aliphatic carbocycles. The minimum atomic E-state index is -0.541. The van der Waals surface area contributed by atoms with Crippen LogP contribution in [0.5, 0.6) is 17.2 Å². The van der Waals surface area contributed by atoms with Crippen molar-refractivity contribution in [3.05, 3.63) is 64.0 Å². The summed E-state index contributed by atoms with van der Waals surface area (Å²) in [6.45, 7) is 4.10. The van der Waals surface area contributed by atoms with Crippen molar-refractivity contribution in [2.45, 2.75) is 24.3 Å². The molecule has 0 aliphatic heterocycles. The number of hydrogen-bond acceptors (Lipinski definition) is 8. The second-order valence-electron chi connectivity index (χ2n) is 6.82. The maximum Gasteiger partial charge on any atom is 0.220 e. The van der Waals surface area contributed by atoms with Gasteiger partial charge in [0.1, 0.15) is 23.4 Å². The standard InChI is InChI=1S/C23H24N4O5S/c1-5-13-32-20-12-7-17(14-21(20)30-4)22(15-26(28)29)33-23-25-24-16(3)27(23)18-8-10-19(11-9-18)31-6-2/h1,7-12,14,22H,6,13,15H2,2-4H3/t22-/m1/s1. The topological polar surface area (TPSA) is 102 Å². The van der Waals surface area contributed by atoms with Crippen LogP contribution >= 0.6 is 11.8 Å². The quantitative estimate of drug-likeness (QED) is 0.179. The van der Waals surface area contributed by atoms with Crippen molar-refractivity contribution < 1.29 is 19.1 Å². The van der Waals surface area contributed by atoms with Gasteiger partial charge in [0.15, 0.2) is 16.7 Å². The van der Waals surface area contributed by atoms with Crippen molar-refractivity contribution in [1.29, 1.82) is 0 Å². The largest absolute Gasteiger partial charge is 0.494 e. The van der Waals surface area contributed by atoms with Crippen LogP contribution in [0, 0.1) is 29.4 Å². The summed E-state index contributed by atoms with van der Waals surface area (Å²) in [5.74, 6) is 4.74. The Morgan fingerprint density at radius 2 is 1.94 bits per heavy atom. The number of aromatic nitrogens is 3. The first-order valence-electron chi connectivity index (χ1n) is 10.1. The Bertz CT molecular complexity index is 1140. The van der Waals surface area contributed by atoms with Crippen LogP contribution < -0.4 is 14.2 Å². The van der Waals surface area contributed by atoms with E-state index in [1.807, 2.05) is 42.7 Å². The van der Waals surface area contributed by atoms with Crippen molar-refractivity contribution in [2.75, 3.05) is 26.9 Å². The second-order valence-corrected chi connectivity index (χ2v) is 7.99. The lowest BCUT2D eigenvalue weighted by atomic mass is 10.1. The number of methoxy groups -OCH3 is 1. The molecule has 0 amide bonds. The van der Waals surface area contributed by atoms with E-state index in [-0.39, 0.29) is 18.1 Å². The molecule has 33 heavy (non-hydrogen) atoms. The number of nitro groups is 1. The van der Waals surface area contributed by atoms with Crippen LogP contribution in [-0.2, 0) is 0 Å². The van der Waals surface area contributed by atoms with Gasteiger partial charge < -0.3 is 14.2 Å². The van der Waals surface area contributed by atoms with E-state index >= 15 is 0 Å². The van der Waals surface area contributed by atoms with Gasteiger partial charge in [-0.2, -0.15) is 0 Å². The van der Waals surface area contributed by atoms with Gasteiger partial charge in [-0.05, 0) is 55.8 Å². The van der Waals surface area contributed by atoms with E-state index in [1.165, 1.54) is 18.9 Å². The molecule has 172 valence electrons.